The molecule has 0 aliphatic heterocycles. The van der Waals surface area contributed by atoms with Crippen LogP contribution >= 0.6 is 23.2 Å². The molecule has 2 rings (SSSR count). The van der Waals surface area contributed by atoms with Crippen LogP contribution in [0.5, 0.6) is 0 Å². The van der Waals surface area contributed by atoms with Crippen LogP contribution in [0, 0.1) is 0 Å². The summed E-state index contributed by atoms with van der Waals surface area (Å²) in [6, 6.07) is 9.67. The Kier molecular flexibility index (Phi) is 4.88. The van der Waals surface area contributed by atoms with E-state index in [-0.39, 0.29) is 16.1 Å². The molecule has 0 spiro atoms. The van der Waals surface area contributed by atoms with Gasteiger partial charge in [0.1, 0.15) is 10.0 Å². The van der Waals surface area contributed by atoms with E-state index in [9.17, 15) is 8.42 Å². The largest absolute Gasteiger partial charge is 0.246 e. The zero-order chi connectivity index (χ0) is 15.6. The van der Waals surface area contributed by atoms with Crippen molar-refractivity contribution in [3.63, 3.8) is 0 Å². The van der Waals surface area contributed by atoms with Crippen molar-refractivity contribution in [3.05, 3.63) is 58.3 Å². The van der Waals surface area contributed by atoms with Crippen molar-refractivity contribution in [3.8, 4) is 0 Å². The van der Waals surface area contributed by atoms with Gasteiger partial charge in [0.05, 0.1) is 0 Å². The molecule has 1 unspecified atom stereocenters. The first-order chi connectivity index (χ1) is 9.84. The van der Waals surface area contributed by atoms with E-state index in [0.29, 0.717) is 5.02 Å². The summed E-state index contributed by atoms with van der Waals surface area (Å²) in [6.07, 6.45) is 1.45. The van der Waals surface area contributed by atoms with E-state index in [0.717, 1.165) is 5.56 Å². The Morgan fingerprint density at radius 3 is 2.33 bits per heavy atom. The molecule has 7 heteroatoms. The van der Waals surface area contributed by atoms with E-state index >= 15 is 0 Å². The lowest BCUT2D eigenvalue weighted by Crippen LogP contribution is -2.30. The normalized spacial score (nSPS) is 13.4. The molecule has 4 nitrogen and oxygen atoms in total. The van der Waals surface area contributed by atoms with Gasteiger partial charge in [-0.05, 0) is 36.8 Å². The quantitative estimate of drug-likeness (QED) is 0.793. The van der Waals surface area contributed by atoms with Crippen molar-refractivity contribution in [2.24, 2.45) is 0 Å². The van der Waals surface area contributed by atoms with Crippen LogP contribution in [0.25, 0.3) is 0 Å². The number of halogens is 2. The molecule has 0 aliphatic carbocycles. The van der Waals surface area contributed by atoms with Gasteiger partial charge in [-0.15, -0.1) is 0 Å². The highest BCUT2D eigenvalue weighted by Crippen LogP contribution is 2.28. The van der Waals surface area contributed by atoms with E-state index in [1.54, 1.807) is 37.3 Å². The summed E-state index contributed by atoms with van der Waals surface area (Å²) < 4.78 is 26.5. The first kappa shape index (κ1) is 16.2. The molecule has 1 heterocycles. The second kappa shape index (κ2) is 6.32. The maximum atomic E-state index is 12.6. The fraction of sp³-hybridized carbons (Fsp3) is 0.214. The third-order valence-corrected chi connectivity index (χ3v) is 5.90. The van der Waals surface area contributed by atoms with Crippen molar-refractivity contribution in [2.75, 3.05) is 7.05 Å². The fourth-order valence-electron chi connectivity index (χ4n) is 1.88. The second-order valence-electron chi connectivity index (χ2n) is 4.54. The SMILES string of the molecule is CC(c1ccc(Cl)cc1)N(C)S(=O)(=O)c1cccnc1Cl. The predicted molar refractivity (Wildman–Crippen MR) is 84.1 cm³/mol. The van der Waals surface area contributed by atoms with Crippen LogP contribution < -0.4 is 0 Å². The highest BCUT2D eigenvalue weighted by molar-refractivity contribution is 7.89. The van der Waals surface area contributed by atoms with Crippen molar-refractivity contribution < 1.29 is 8.42 Å². The summed E-state index contributed by atoms with van der Waals surface area (Å²) in [4.78, 5) is 3.81. The Hall–Kier alpha value is -1.14. The Bertz CT molecular complexity index is 733. The topological polar surface area (TPSA) is 50.3 Å². The van der Waals surface area contributed by atoms with Crippen LogP contribution in [0.3, 0.4) is 0 Å². The Balaban J connectivity index is 2.36. The number of nitrogens with zero attached hydrogens (tertiary/aromatic N) is 2. The third-order valence-electron chi connectivity index (χ3n) is 3.28. The Morgan fingerprint density at radius 1 is 1.14 bits per heavy atom. The minimum atomic E-state index is -3.72. The predicted octanol–water partition coefficient (Wildman–Crippen LogP) is 3.77. The van der Waals surface area contributed by atoms with Gasteiger partial charge in [-0.25, -0.2) is 13.4 Å². The molecule has 112 valence electrons. The lowest BCUT2D eigenvalue weighted by molar-refractivity contribution is 0.398. The van der Waals surface area contributed by atoms with Crippen LogP contribution in [0.1, 0.15) is 18.5 Å². The summed E-state index contributed by atoms with van der Waals surface area (Å²) in [5, 5.41) is 0.569. The molecule has 0 radical (unpaired) electrons. The maximum Gasteiger partial charge on any atom is 0.246 e. The molecule has 1 atom stereocenters. The van der Waals surface area contributed by atoms with Gasteiger partial charge in [-0.2, -0.15) is 4.31 Å². The number of hydrogen-bond donors (Lipinski definition) is 0. The molecule has 0 N–H and O–H groups in total. The average Bonchev–Trinajstić information content (AvgIpc) is 2.46. The van der Waals surface area contributed by atoms with Crippen LogP contribution in [-0.4, -0.2) is 24.8 Å². The van der Waals surface area contributed by atoms with E-state index in [1.807, 2.05) is 0 Å². The summed E-state index contributed by atoms with van der Waals surface area (Å²) in [5.74, 6) is 0. The molecule has 0 saturated heterocycles. The Morgan fingerprint density at radius 2 is 1.76 bits per heavy atom. The van der Waals surface area contributed by atoms with E-state index in [4.69, 9.17) is 23.2 Å². The van der Waals surface area contributed by atoms with Gasteiger partial charge in [-0.3, -0.25) is 0 Å². The molecule has 0 amide bonds. The molecular formula is C14H14Cl2N2O2S. The molecule has 1 aromatic carbocycles. The number of hydrogen-bond acceptors (Lipinski definition) is 3. The van der Waals surface area contributed by atoms with Crippen LogP contribution in [-0.2, 0) is 10.0 Å². The Labute approximate surface area is 134 Å². The fourth-order valence-corrected chi connectivity index (χ4v) is 3.78. The highest BCUT2D eigenvalue weighted by atomic mass is 35.5. The van der Waals surface area contributed by atoms with Crippen molar-refractivity contribution >= 4 is 33.2 Å². The zero-order valence-corrected chi connectivity index (χ0v) is 13.8. The minimum absolute atomic E-state index is 0.00465. The average molecular weight is 345 g/mol. The number of benzene rings is 1. The van der Waals surface area contributed by atoms with E-state index in [2.05, 4.69) is 4.98 Å². The smallest absolute Gasteiger partial charge is 0.243 e. The monoisotopic (exact) mass is 344 g/mol. The van der Waals surface area contributed by atoms with Gasteiger partial charge < -0.3 is 0 Å². The van der Waals surface area contributed by atoms with Crippen molar-refractivity contribution in [2.45, 2.75) is 17.9 Å². The van der Waals surface area contributed by atoms with Crippen LogP contribution in [0.15, 0.2) is 47.5 Å². The van der Waals surface area contributed by atoms with Crippen molar-refractivity contribution in [1.82, 2.24) is 9.29 Å². The van der Waals surface area contributed by atoms with Gasteiger partial charge in [0, 0.05) is 24.3 Å². The van der Waals surface area contributed by atoms with Gasteiger partial charge >= 0.3 is 0 Å². The van der Waals surface area contributed by atoms with E-state index < -0.39 is 10.0 Å². The highest BCUT2D eigenvalue weighted by Gasteiger charge is 2.28. The summed E-state index contributed by atoms with van der Waals surface area (Å²) >= 11 is 11.7. The molecule has 1 aromatic heterocycles. The molecule has 2 aromatic rings. The van der Waals surface area contributed by atoms with Crippen LogP contribution in [0.2, 0.25) is 10.2 Å². The van der Waals surface area contributed by atoms with Gasteiger partial charge in [-0.1, -0.05) is 35.3 Å². The number of rotatable bonds is 4. The summed E-state index contributed by atoms with van der Waals surface area (Å²) in [5.41, 5.74) is 0.838. The van der Waals surface area contributed by atoms with E-state index in [1.165, 1.54) is 23.6 Å². The lowest BCUT2D eigenvalue weighted by atomic mass is 10.1. The molecular weight excluding hydrogens is 331 g/mol. The lowest BCUT2D eigenvalue weighted by Gasteiger charge is -2.25. The first-order valence-corrected chi connectivity index (χ1v) is 8.37. The molecule has 0 saturated carbocycles. The minimum Gasteiger partial charge on any atom is -0.243 e. The van der Waals surface area contributed by atoms with Gasteiger partial charge in [0.15, 0.2) is 0 Å². The molecule has 21 heavy (non-hydrogen) atoms. The number of pyridine rings is 1. The van der Waals surface area contributed by atoms with Crippen LogP contribution in [0.4, 0.5) is 0 Å². The summed E-state index contributed by atoms with van der Waals surface area (Å²) in [6.45, 7) is 1.80. The standard InChI is InChI=1S/C14H14Cl2N2O2S/c1-10(11-5-7-12(15)8-6-11)18(2)21(19,20)13-4-3-9-17-14(13)16/h3-10H,1-2H3. The van der Waals surface area contributed by atoms with Gasteiger partial charge in [0.25, 0.3) is 0 Å². The van der Waals surface area contributed by atoms with Crippen molar-refractivity contribution in [1.29, 1.82) is 0 Å². The second-order valence-corrected chi connectivity index (χ2v) is 7.30. The zero-order valence-electron chi connectivity index (χ0n) is 11.5. The summed E-state index contributed by atoms with van der Waals surface area (Å²) in [7, 11) is -2.21. The third kappa shape index (κ3) is 3.37. The number of aromatic nitrogens is 1. The molecule has 0 fully saturated rings. The van der Waals surface area contributed by atoms with Gasteiger partial charge in [0.2, 0.25) is 10.0 Å². The molecule has 0 bridgehead atoms. The first-order valence-electron chi connectivity index (χ1n) is 6.18. The molecule has 0 aliphatic rings. The maximum absolute atomic E-state index is 12.6. The number of sulfonamides is 1.